The summed E-state index contributed by atoms with van der Waals surface area (Å²) in [6.07, 6.45) is 7.81. The van der Waals surface area contributed by atoms with E-state index < -0.39 is 4.92 Å². The van der Waals surface area contributed by atoms with Gasteiger partial charge in [-0.05, 0) is 87.2 Å². The Balaban J connectivity index is 1.37. The standard InChI is InChI=1S/C21H28N2O4/c1-13-3-4-19(18(5-13)23(25)26)27-12-20(24)22-14(2)21-9-15-6-16(10-21)8-17(7-15)11-21/h3-5,14-17H,6-12H2,1-2H3,(H,22,24)/t14-,15?,16?,17?,21?/m1/s1. The number of nitro benzene ring substituents is 1. The van der Waals surface area contributed by atoms with Crippen LogP contribution in [0.5, 0.6) is 5.75 Å². The Morgan fingerprint density at radius 2 is 1.85 bits per heavy atom. The van der Waals surface area contributed by atoms with Gasteiger partial charge in [0.15, 0.2) is 12.4 Å². The zero-order valence-electron chi connectivity index (χ0n) is 16.1. The first kappa shape index (κ1) is 18.3. The molecule has 0 heterocycles. The van der Waals surface area contributed by atoms with Gasteiger partial charge in [-0.15, -0.1) is 0 Å². The molecule has 0 saturated heterocycles. The Hall–Kier alpha value is -2.11. The van der Waals surface area contributed by atoms with Gasteiger partial charge in [-0.25, -0.2) is 0 Å². The van der Waals surface area contributed by atoms with Crippen molar-refractivity contribution in [1.29, 1.82) is 0 Å². The molecule has 1 N–H and O–H groups in total. The minimum atomic E-state index is -0.474. The van der Waals surface area contributed by atoms with Crippen molar-refractivity contribution < 1.29 is 14.5 Å². The zero-order chi connectivity index (χ0) is 19.2. The normalized spacial score (nSPS) is 32.1. The predicted octanol–water partition coefficient (Wildman–Crippen LogP) is 4.00. The third-order valence-electron chi connectivity index (χ3n) is 7.05. The fourth-order valence-electron chi connectivity index (χ4n) is 6.18. The van der Waals surface area contributed by atoms with Crippen LogP contribution < -0.4 is 10.1 Å². The van der Waals surface area contributed by atoms with Crippen LogP contribution in [0.2, 0.25) is 0 Å². The van der Waals surface area contributed by atoms with Crippen LogP contribution >= 0.6 is 0 Å². The highest BCUT2D eigenvalue weighted by Crippen LogP contribution is 2.61. The third kappa shape index (κ3) is 3.54. The average Bonchev–Trinajstić information content (AvgIpc) is 2.59. The highest BCUT2D eigenvalue weighted by molar-refractivity contribution is 5.78. The monoisotopic (exact) mass is 372 g/mol. The minimum absolute atomic E-state index is 0.100. The molecule has 4 saturated carbocycles. The van der Waals surface area contributed by atoms with Gasteiger partial charge in [-0.2, -0.15) is 0 Å². The van der Waals surface area contributed by atoms with E-state index in [0.717, 1.165) is 23.3 Å². The van der Waals surface area contributed by atoms with Crippen LogP contribution in [0.15, 0.2) is 18.2 Å². The molecule has 0 aliphatic heterocycles. The topological polar surface area (TPSA) is 81.5 Å². The number of amides is 1. The van der Waals surface area contributed by atoms with Crippen molar-refractivity contribution in [3.8, 4) is 5.75 Å². The second-order valence-electron chi connectivity index (χ2n) is 9.09. The molecule has 0 radical (unpaired) electrons. The van der Waals surface area contributed by atoms with Gasteiger partial charge < -0.3 is 10.1 Å². The number of hydrogen-bond acceptors (Lipinski definition) is 4. The average molecular weight is 372 g/mol. The maximum atomic E-state index is 12.5. The molecule has 4 aliphatic carbocycles. The Bertz CT molecular complexity index is 725. The smallest absolute Gasteiger partial charge is 0.311 e. The van der Waals surface area contributed by atoms with Crippen LogP contribution in [-0.2, 0) is 4.79 Å². The van der Waals surface area contributed by atoms with Crippen LogP contribution in [0.1, 0.15) is 51.0 Å². The highest BCUT2D eigenvalue weighted by Gasteiger charge is 2.53. The van der Waals surface area contributed by atoms with Crippen molar-refractivity contribution in [1.82, 2.24) is 5.32 Å². The molecule has 0 spiro atoms. The number of nitro groups is 1. The van der Waals surface area contributed by atoms with Gasteiger partial charge >= 0.3 is 5.69 Å². The summed E-state index contributed by atoms with van der Waals surface area (Å²) in [6, 6.07) is 4.89. The molecule has 1 aromatic carbocycles. The largest absolute Gasteiger partial charge is 0.477 e. The van der Waals surface area contributed by atoms with E-state index >= 15 is 0 Å². The van der Waals surface area contributed by atoms with Crippen molar-refractivity contribution in [2.75, 3.05) is 6.61 Å². The molecule has 4 bridgehead atoms. The molecular formula is C21H28N2O4. The molecule has 27 heavy (non-hydrogen) atoms. The number of hydrogen-bond donors (Lipinski definition) is 1. The van der Waals surface area contributed by atoms with E-state index in [2.05, 4.69) is 12.2 Å². The van der Waals surface area contributed by atoms with Gasteiger partial charge in [-0.1, -0.05) is 6.07 Å². The van der Waals surface area contributed by atoms with Crippen LogP contribution in [0.3, 0.4) is 0 Å². The lowest BCUT2D eigenvalue weighted by Crippen LogP contribution is -2.56. The molecular weight excluding hydrogens is 344 g/mol. The lowest BCUT2D eigenvalue weighted by atomic mass is 9.48. The molecule has 1 amide bonds. The van der Waals surface area contributed by atoms with Crippen molar-refractivity contribution in [2.24, 2.45) is 23.2 Å². The molecule has 6 nitrogen and oxygen atoms in total. The van der Waals surface area contributed by atoms with E-state index in [9.17, 15) is 14.9 Å². The van der Waals surface area contributed by atoms with Crippen LogP contribution in [0.25, 0.3) is 0 Å². The number of carbonyl (C=O) groups excluding carboxylic acids is 1. The summed E-state index contributed by atoms with van der Waals surface area (Å²) in [5.41, 5.74) is 0.922. The van der Waals surface area contributed by atoms with Gasteiger partial charge in [0.05, 0.1) is 4.92 Å². The van der Waals surface area contributed by atoms with Crippen LogP contribution in [0, 0.1) is 40.2 Å². The molecule has 0 aromatic heterocycles. The SMILES string of the molecule is Cc1ccc(OCC(=O)N[C@H](C)C23CC4CC(CC(C4)C2)C3)c([N+](=O)[O-])c1. The maximum Gasteiger partial charge on any atom is 0.311 e. The Labute approximate surface area is 159 Å². The quantitative estimate of drug-likeness (QED) is 0.604. The predicted molar refractivity (Wildman–Crippen MR) is 102 cm³/mol. The van der Waals surface area contributed by atoms with Crippen molar-refractivity contribution >= 4 is 11.6 Å². The Morgan fingerprint density at radius 1 is 1.26 bits per heavy atom. The third-order valence-corrected chi connectivity index (χ3v) is 7.05. The number of nitrogens with one attached hydrogen (secondary N) is 1. The van der Waals surface area contributed by atoms with Crippen LogP contribution in [-0.4, -0.2) is 23.5 Å². The fourth-order valence-corrected chi connectivity index (χ4v) is 6.18. The van der Waals surface area contributed by atoms with Gasteiger partial charge in [0.25, 0.3) is 5.91 Å². The van der Waals surface area contributed by atoms with Gasteiger partial charge in [0.2, 0.25) is 0 Å². The molecule has 5 rings (SSSR count). The first-order valence-electron chi connectivity index (χ1n) is 10.0. The second-order valence-corrected chi connectivity index (χ2v) is 9.09. The van der Waals surface area contributed by atoms with Crippen LogP contribution in [0.4, 0.5) is 5.69 Å². The van der Waals surface area contributed by atoms with Gasteiger partial charge in [0, 0.05) is 12.1 Å². The zero-order valence-corrected chi connectivity index (χ0v) is 16.1. The number of benzene rings is 1. The first-order valence-corrected chi connectivity index (χ1v) is 10.0. The first-order chi connectivity index (χ1) is 12.8. The number of carbonyl (C=O) groups is 1. The molecule has 4 fully saturated rings. The molecule has 0 unspecified atom stereocenters. The molecule has 6 heteroatoms. The molecule has 146 valence electrons. The lowest BCUT2D eigenvalue weighted by Gasteiger charge is -2.59. The molecule has 4 aliphatic rings. The number of nitrogens with zero attached hydrogens (tertiary/aromatic N) is 1. The number of ether oxygens (including phenoxy) is 1. The van der Waals surface area contributed by atoms with E-state index in [-0.39, 0.29) is 35.4 Å². The summed E-state index contributed by atoms with van der Waals surface area (Å²) in [6.45, 7) is 3.72. The summed E-state index contributed by atoms with van der Waals surface area (Å²) >= 11 is 0. The van der Waals surface area contributed by atoms with E-state index in [1.54, 1.807) is 19.1 Å². The molecule has 1 aromatic rings. The summed E-state index contributed by atoms with van der Waals surface area (Å²) in [7, 11) is 0. The Morgan fingerprint density at radius 3 is 2.41 bits per heavy atom. The Kier molecular flexibility index (Phi) is 4.60. The summed E-state index contributed by atoms with van der Waals surface area (Å²) in [5.74, 6) is 2.45. The highest BCUT2D eigenvalue weighted by atomic mass is 16.6. The summed E-state index contributed by atoms with van der Waals surface area (Å²) < 4.78 is 5.48. The number of rotatable bonds is 6. The number of aryl methyl sites for hydroxylation is 1. The van der Waals surface area contributed by atoms with E-state index in [1.165, 1.54) is 44.6 Å². The van der Waals surface area contributed by atoms with Crippen molar-refractivity contribution in [3.05, 3.63) is 33.9 Å². The van der Waals surface area contributed by atoms with Crippen molar-refractivity contribution in [2.45, 2.75) is 58.4 Å². The minimum Gasteiger partial charge on any atom is -0.477 e. The van der Waals surface area contributed by atoms with E-state index in [4.69, 9.17) is 4.74 Å². The maximum absolute atomic E-state index is 12.5. The second kappa shape index (κ2) is 6.80. The fraction of sp³-hybridized carbons (Fsp3) is 0.667. The van der Waals surface area contributed by atoms with E-state index in [1.807, 2.05) is 0 Å². The molecule has 1 atom stereocenters. The summed E-state index contributed by atoms with van der Waals surface area (Å²) in [4.78, 5) is 23.2. The summed E-state index contributed by atoms with van der Waals surface area (Å²) in [5, 5.41) is 14.3. The van der Waals surface area contributed by atoms with Crippen molar-refractivity contribution in [3.63, 3.8) is 0 Å². The lowest BCUT2D eigenvalue weighted by molar-refractivity contribution is -0.385. The van der Waals surface area contributed by atoms with Gasteiger partial charge in [-0.3, -0.25) is 14.9 Å². The van der Waals surface area contributed by atoms with E-state index in [0.29, 0.717) is 0 Å². The van der Waals surface area contributed by atoms with Gasteiger partial charge in [0.1, 0.15) is 0 Å².